The van der Waals surface area contributed by atoms with Crippen molar-refractivity contribution in [2.75, 3.05) is 29.1 Å². The predicted octanol–water partition coefficient (Wildman–Crippen LogP) is 3.07. The van der Waals surface area contributed by atoms with Gasteiger partial charge in [0, 0.05) is 12.2 Å². The summed E-state index contributed by atoms with van der Waals surface area (Å²) in [4.78, 5) is 18.7. The number of thioether (sulfide) groups is 1. The Kier molecular flexibility index (Phi) is 4.84. The van der Waals surface area contributed by atoms with Gasteiger partial charge in [-0.25, -0.2) is 4.98 Å². The molecule has 0 spiro atoms. The monoisotopic (exact) mass is 344 g/mol. The lowest BCUT2D eigenvalue weighted by Crippen LogP contribution is -2.31. The number of aryl methyl sites for hydroxylation is 1. The Morgan fingerprint density at radius 2 is 2.35 bits per heavy atom. The molecule has 23 heavy (non-hydrogen) atoms. The molecule has 0 radical (unpaired) electrons. The number of aromatic nitrogens is 1. The largest absolute Gasteiger partial charge is 0.362 e. The van der Waals surface area contributed by atoms with Gasteiger partial charge in [0.15, 0.2) is 5.13 Å². The Bertz CT molecular complexity index is 766. The van der Waals surface area contributed by atoms with Gasteiger partial charge in [-0.15, -0.1) is 0 Å². The van der Waals surface area contributed by atoms with Crippen LogP contribution in [-0.2, 0) is 11.2 Å². The number of nitriles is 1. The first-order valence-electron chi connectivity index (χ1n) is 7.27. The summed E-state index contributed by atoms with van der Waals surface area (Å²) >= 11 is 2.87. The quantitative estimate of drug-likeness (QED) is 0.844. The van der Waals surface area contributed by atoms with E-state index in [9.17, 15) is 4.79 Å². The van der Waals surface area contributed by atoms with E-state index in [-0.39, 0.29) is 5.91 Å². The number of anilines is 2. The fraction of sp³-hybridized carbons (Fsp3) is 0.312. The van der Waals surface area contributed by atoms with Crippen LogP contribution >= 0.6 is 23.1 Å². The van der Waals surface area contributed by atoms with Crippen molar-refractivity contribution < 1.29 is 4.79 Å². The van der Waals surface area contributed by atoms with Gasteiger partial charge in [-0.2, -0.15) is 5.26 Å². The lowest BCUT2D eigenvalue weighted by atomic mass is 10.2. The molecule has 0 saturated carbocycles. The van der Waals surface area contributed by atoms with Crippen molar-refractivity contribution in [2.24, 2.45) is 0 Å². The number of hydrogen-bond donors (Lipinski definition) is 1. The Balaban J connectivity index is 1.61. The van der Waals surface area contributed by atoms with E-state index < -0.39 is 0 Å². The van der Waals surface area contributed by atoms with Crippen molar-refractivity contribution in [3.63, 3.8) is 0 Å². The molecule has 3 rings (SSSR count). The Hall–Kier alpha value is -2.04. The number of fused-ring (bicyclic) bond motifs is 1. The Labute approximate surface area is 143 Å². The molecule has 7 heteroatoms. The molecule has 0 aliphatic carbocycles. The molecule has 1 N–H and O–H groups in total. The van der Waals surface area contributed by atoms with E-state index in [0.29, 0.717) is 17.4 Å². The molecule has 1 aromatic carbocycles. The second-order valence-corrected chi connectivity index (χ2v) is 7.43. The van der Waals surface area contributed by atoms with Crippen LogP contribution < -0.4 is 10.2 Å². The average Bonchev–Trinajstić information content (AvgIpc) is 3.09. The van der Waals surface area contributed by atoms with E-state index in [2.05, 4.69) is 33.4 Å². The number of amides is 1. The topological polar surface area (TPSA) is 69.0 Å². The Morgan fingerprint density at radius 3 is 3.17 bits per heavy atom. The SMILES string of the molecule is Cc1nc(NC(=O)CN2CCc3ccccc32)sc1SCC#N. The van der Waals surface area contributed by atoms with Gasteiger partial charge < -0.3 is 10.2 Å². The van der Waals surface area contributed by atoms with Crippen LogP contribution in [0.15, 0.2) is 28.5 Å². The summed E-state index contributed by atoms with van der Waals surface area (Å²) in [5.41, 5.74) is 3.29. The summed E-state index contributed by atoms with van der Waals surface area (Å²) in [6, 6.07) is 10.3. The highest BCUT2D eigenvalue weighted by molar-refractivity contribution is 8.01. The molecule has 118 valence electrons. The van der Waals surface area contributed by atoms with Crippen LogP contribution in [-0.4, -0.2) is 29.7 Å². The van der Waals surface area contributed by atoms with Gasteiger partial charge in [0.2, 0.25) is 5.91 Å². The predicted molar refractivity (Wildman–Crippen MR) is 94.2 cm³/mol. The fourth-order valence-electron chi connectivity index (χ4n) is 2.57. The van der Waals surface area contributed by atoms with E-state index in [1.165, 1.54) is 28.7 Å². The third-order valence-corrected chi connectivity index (χ3v) is 5.89. The van der Waals surface area contributed by atoms with E-state index in [4.69, 9.17) is 5.26 Å². The fourth-order valence-corrected chi connectivity index (χ4v) is 4.39. The van der Waals surface area contributed by atoms with Gasteiger partial charge in [-0.05, 0) is 25.0 Å². The molecule has 0 saturated heterocycles. The molecule has 2 aromatic rings. The first-order chi connectivity index (χ1) is 11.2. The van der Waals surface area contributed by atoms with Crippen molar-refractivity contribution in [2.45, 2.75) is 17.6 Å². The minimum absolute atomic E-state index is 0.0627. The molecule has 5 nitrogen and oxygen atoms in total. The second kappa shape index (κ2) is 7.02. The minimum Gasteiger partial charge on any atom is -0.362 e. The highest BCUT2D eigenvalue weighted by Gasteiger charge is 2.21. The lowest BCUT2D eigenvalue weighted by molar-refractivity contribution is -0.115. The molecule has 0 fully saturated rings. The van der Waals surface area contributed by atoms with Crippen LogP contribution in [0, 0.1) is 18.3 Å². The zero-order chi connectivity index (χ0) is 16.2. The number of hydrogen-bond acceptors (Lipinski definition) is 6. The molecule has 1 aromatic heterocycles. The number of benzene rings is 1. The van der Waals surface area contributed by atoms with Crippen LogP contribution in [0.5, 0.6) is 0 Å². The molecular weight excluding hydrogens is 328 g/mol. The van der Waals surface area contributed by atoms with Crippen LogP contribution in [0.3, 0.4) is 0 Å². The lowest BCUT2D eigenvalue weighted by Gasteiger charge is -2.18. The first-order valence-corrected chi connectivity index (χ1v) is 9.07. The smallest absolute Gasteiger partial charge is 0.245 e. The average molecular weight is 344 g/mol. The van der Waals surface area contributed by atoms with Gasteiger partial charge >= 0.3 is 0 Å². The maximum absolute atomic E-state index is 12.3. The van der Waals surface area contributed by atoms with Crippen molar-refractivity contribution in [1.82, 2.24) is 4.98 Å². The van der Waals surface area contributed by atoms with E-state index in [0.717, 1.165) is 28.6 Å². The van der Waals surface area contributed by atoms with E-state index >= 15 is 0 Å². The van der Waals surface area contributed by atoms with Gasteiger partial charge in [0.25, 0.3) is 0 Å². The van der Waals surface area contributed by atoms with E-state index in [1.807, 2.05) is 19.1 Å². The normalized spacial score (nSPS) is 12.8. The zero-order valence-electron chi connectivity index (χ0n) is 12.7. The summed E-state index contributed by atoms with van der Waals surface area (Å²) in [6.45, 7) is 3.09. The van der Waals surface area contributed by atoms with Crippen molar-refractivity contribution in [1.29, 1.82) is 5.26 Å². The minimum atomic E-state index is -0.0627. The van der Waals surface area contributed by atoms with Crippen molar-refractivity contribution in [3.05, 3.63) is 35.5 Å². The molecule has 1 aliphatic rings. The maximum Gasteiger partial charge on any atom is 0.245 e. The van der Waals surface area contributed by atoms with Gasteiger partial charge in [0.05, 0.1) is 28.3 Å². The van der Waals surface area contributed by atoms with Gasteiger partial charge in [-0.3, -0.25) is 4.79 Å². The number of rotatable bonds is 5. The second-order valence-electron chi connectivity index (χ2n) is 5.19. The van der Waals surface area contributed by atoms with Crippen molar-refractivity contribution >= 4 is 39.8 Å². The molecule has 0 atom stereocenters. The molecule has 2 heterocycles. The number of para-hydroxylation sites is 1. The van der Waals surface area contributed by atoms with Crippen LogP contribution in [0.2, 0.25) is 0 Å². The Morgan fingerprint density at radius 1 is 1.52 bits per heavy atom. The van der Waals surface area contributed by atoms with Crippen LogP contribution in [0.4, 0.5) is 10.8 Å². The number of thiazole rings is 1. The number of carbonyl (C=O) groups is 1. The summed E-state index contributed by atoms with van der Waals surface area (Å²) < 4.78 is 0.980. The number of nitrogens with one attached hydrogen (secondary N) is 1. The molecule has 1 amide bonds. The third-order valence-electron chi connectivity index (χ3n) is 3.59. The highest BCUT2D eigenvalue weighted by atomic mass is 32.2. The van der Waals surface area contributed by atoms with Crippen LogP contribution in [0.1, 0.15) is 11.3 Å². The number of nitrogens with zero attached hydrogens (tertiary/aromatic N) is 3. The molecule has 0 unspecified atom stereocenters. The van der Waals surface area contributed by atoms with Gasteiger partial charge in [0.1, 0.15) is 0 Å². The first kappa shape index (κ1) is 15.8. The molecule has 0 bridgehead atoms. The highest BCUT2D eigenvalue weighted by Crippen LogP contribution is 2.32. The van der Waals surface area contributed by atoms with Crippen molar-refractivity contribution in [3.8, 4) is 6.07 Å². The summed E-state index contributed by atoms with van der Waals surface area (Å²) in [6.07, 6.45) is 0.981. The van der Waals surface area contributed by atoms with E-state index in [1.54, 1.807) is 0 Å². The van der Waals surface area contributed by atoms with Gasteiger partial charge in [-0.1, -0.05) is 41.3 Å². The maximum atomic E-state index is 12.3. The third kappa shape index (κ3) is 3.66. The molecule has 1 aliphatic heterocycles. The summed E-state index contributed by atoms with van der Waals surface area (Å²) in [5, 5.41) is 12.1. The standard InChI is InChI=1S/C16H16N4OS2/c1-11-15(22-9-7-17)23-16(18-11)19-14(21)10-20-8-6-12-4-2-3-5-13(12)20/h2-5H,6,8-10H2,1H3,(H,18,19,21). The summed E-state index contributed by atoms with van der Waals surface area (Å²) in [5.74, 6) is 0.327. The molecular formula is C16H16N4OS2. The number of carbonyl (C=O) groups excluding carboxylic acids is 1. The van der Waals surface area contributed by atoms with Crippen LogP contribution in [0.25, 0.3) is 0 Å². The summed E-state index contributed by atoms with van der Waals surface area (Å²) in [7, 11) is 0. The zero-order valence-corrected chi connectivity index (χ0v) is 14.3.